The van der Waals surface area contributed by atoms with Crippen LogP contribution in [0.5, 0.6) is 0 Å². The zero-order valence-electron chi connectivity index (χ0n) is 12.1. The molecule has 0 saturated carbocycles. The first kappa shape index (κ1) is 16.0. The molecular formula is C14H18ClN3O2S. The number of rotatable bonds is 5. The summed E-state index contributed by atoms with van der Waals surface area (Å²) in [5.74, 6) is 0.117. The Morgan fingerprint density at radius 3 is 2.38 bits per heavy atom. The highest BCUT2D eigenvalue weighted by Crippen LogP contribution is 2.26. The van der Waals surface area contributed by atoms with Gasteiger partial charge in [-0.2, -0.15) is 9.82 Å². The Morgan fingerprint density at radius 1 is 1.29 bits per heavy atom. The summed E-state index contributed by atoms with van der Waals surface area (Å²) in [6.45, 7) is 5.09. The predicted molar refractivity (Wildman–Crippen MR) is 82.9 cm³/mol. The van der Waals surface area contributed by atoms with Gasteiger partial charge < -0.3 is 0 Å². The van der Waals surface area contributed by atoms with Crippen LogP contribution in [0.1, 0.15) is 23.9 Å². The first-order valence-electron chi connectivity index (χ1n) is 6.47. The Morgan fingerprint density at radius 2 is 1.90 bits per heavy atom. The van der Waals surface area contributed by atoms with E-state index in [9.17, 15) is 8.42 Å². The van der Waals surface area contributed by atoms with E-state index in [0.717, 1.165) is 5.56 Å². The van der Waals surface area contributed by atoms with Crippen LogP contribution in [0.25, 0.3) is 0 Å². The van der Waals surface area contributed by atoms with E-state index in [4.69, 9.17) is 11.6 Å². The monoisotopic (exact) mass is 327 g/mol. The van der Waals surface area contributed by atoms with E-state index < -0.39 is 15.6 Å². The second kappa shape index (κ2) is 5.79. The molecule has 5 nitrogen and oxygen atoms in total. The number of aryl methyl sites for hydroxylation is 2. The number of aromatic nitrogens is 2. The fourth-order valence-electron chi connectivity index (χ4n) is 2.25. The van der Waals surface area contributed by atoms with Gasteiger partial charge in [0.15, 0.2) is 0 Å². The lowest BCUT2D eigenvalue weighted by Gasteiger charge is -2.28. The maximum Gasteiger partial charge on any atom is 0.245 e. The van der Waals surface area contributed by atoms with Crippen molar-refractivity contribution in [2.75, 3.05) is 5.88 Å². The first-order chi connectivity index (χ1) is 9.80. The van der Waals surface area contributed by atoms with Crippen molar-refractivity contribution in [2.45, 2.75) is 31.2 Å². The molecule has 0 aliphatic carbocycles. The van der Waals surface area contributed by atoms with Crippen molar-refractivity contribution in [1.82, 2.24) is 14.9 Å². The zero-order chi connectivity index (χ0) is 15.7. The van der Waals surface area contributed by atoms with Gasteiger partial charge in [-0.1, -0.05) is 30.3 Å². The van der Waals surface area contributed by atoms with Crippen molar-refractivity contribution in [3.05, 3.63) is 47.3 Å². The van der Waals surface area contributed by atoms with Crippen LogP contribution < -0.4 is 4.72 Å². The van der Waals surface area contributed by atoms with E-state index in [1.165, 1.54) is 0 Å². The van der Waals surface area contributed by atoms with Gasteiger partial charge in [0.2, 0.25) is 10.0 Å². The zero-order valence-corrected chi connectivity index (χ0v) is 13.7. The van der Waals surface area contributed by atoms with Gasteiger partial charge in [-0.05, 0) is 26.3 Å². The molecule has 0 fully saturated rings. The minimum Gasteiger partial charge on any atom is -0.281 e. The second-order valence-electron chi connectivity index (χ2n) is 5.20. The number of benzene rings is 1. The van der Waals surface area contributed by atoms with Gasteiger partial charge in [-0.3, -0.25) is 5.10 Å². The van der Waals surface area contributed by atoms with Gasteiger partial charge in [-0.25, -0.2) is 8.42 Å². The van der Waals surface area contributed by atoms with Gasteiger partial charge in [0.25, 0.3) is 0 Å². The lowest BCUT2D eigenvalue weighted by molar-refractivity contribution is 0.476. The number of hydrogen-bond donors (Lipinski definition) is 2. The van der Waals surface area contributed by atoms with Crippen molar-refractivity contribution >= 4 is 21.6 Å². The van der Waals surface area contributed by atoms with Gasteiger partial charge in [0.1, 0.15) is 4.90 Å². The Labute approximate surface area is 129 Å². The molecule has 0 radical (unpaired) electrons. The van der Waals surface area contributed by atoms with Crippen LogP contribution in [0.2, 0.25) is 0 Å². The summed E-state index contributed by atoms with van der Waals surface area (Å²) in [6.07, 6.45) is 0. The smallest absolute Gasteiger partial charge is 0.245 e. The highest BCUT2D eigenvalue weighted by molar-refractivity contribution is 7.89. The van der Waals surface area contributed by atoms with E-state index in [0.29, 0.717) is 11.4 Å². The molecule has 1 unspecified atom stereocenters. The number of H-pyrrole nitrogens is 1. The Bertz CT molecular complexity index is 708. The normalized spacial score (nSPS) is 14.9. The Kier molecular flexibility index (Phi) is 4.41. The molecule has 0 bridgehead atoms. The second-order valence-corrected chi connectivity index (χ2v) is 7.09. The maximum atomic E-state index is 12.7. The fourth-order valence-corrected chi connectivity index (χ4v) is 4.32. The van der Waals surface area contributed by atoms with Gasteiger partial charge in [0.05, 0.1) is 16.9 Å². The lowest BCUT2D eigenvalue weighted by atomic mass is 9.96. The molecule has 0 amide bonds. The Hall–Kier alpha value is -1.37. The van der Waals surface area contributed by atoms with Crippen LogP contribution in [-0.4, -0.2) is 24.5 Å². The van der Waals surface area contributed by atoms with Gasteiger partial charge in [0, 0.05) is 5.88 Å². The van der Waals surface area contributed by atoms with Crippen LogP contribution >= 0.6 is 11.6 Å². The molecule has 114 valence electrons. The van der Waals surface area contributed by atoms with Crippen molar-refractivity contribution in [3.8, 4) is 0 Å². The molecule has 2 aromatic rings. The van der Waals surface area contributed by atoms with E-state index in [1.807, 2.05) is 30.3 Å². The molecule has 0 aliphatic rings. The average molecular weight is 328 g/mol. The molecule has 0 saturated heterocycles. The molecule has 2 N–H and O–H groups in total. The molecule has 1 aromatic carbocycles. The summed E-state index contributed by atoms with van der Waals surface area (Å²) in [6, 6.07) is 9.27. The molecule has 1 atom stereocenters. The van der Waals surface area contributed by atoms with E-state index in [1.54, 1.807) is 20.8 Å². The van der Waals surface area contributed by atoms with E-state index in [-0.39, 0.29) is 10.8 Å². The van der Waals surface area contributed by atoms with Crippen LogP contribution in [0, 0.1) is 13.8 Å². The van der Waals surface area contributed by atoms with Crippen molar-refractivity contribution < 1.29 is 8.42 Å². The quantitative estimate of drug-likeness (QED) is 0.828. The van der Waals surface area contributed by atoms with E-state index >= 15 is 0 Å². The summed E-state index contributed by atoms with van der Waals surface area (Å²) < 4.78 is 28.0. The molecule has 21 heavy (non-hydrogen) atoms. The Balaban J connectivity index is 2.43. The fraction of sp³-hybridized carbons (Fsp3) is 0.357. The minimum atomic E-state index is -3.72. The van der Waals surface area contributed by atoms with E-state index in [2.05, 4.69) is 14.9 Å². The third-order valence-corrected chi connectivity index (χ3v) is 5.76. The largest absolute Gasteiger partial charge is 0.281 e. The number of alkyl halides is 1. The molecular weight excluding hydrogens is 310 g/mol. The number of sulfonamides is 1. The van der Waals surface area contributed by atoms with Crippen LogP contribution in [-0.2, 0) is 15.6 Å². The number of nitrogens with one attached hydrogen (secondary N) is 2. The van der Waals surface area contributed by atoms with Crippen molar-refractivity contribution in [1.29, 1.82) is 0 Å². The third kappa shape index (κ3) is 3.12. The molecule has 7 heteroatoms. The highest BCUT2D eigenvalue weighted by atomic mass is 35.5. The average Bonchev–Trinajstić information content (AvgIpc) is 2.79. The SMILES string of the molecule is Cc1n[nH]c(C)c1S(=O)(=O)NC(C)(CCl)c1ccccc1. The lowest BCUT2D eigenvalue weighted by Crippen LogP contribution is -2.45. The summed E-state index contributed by atoms with van der Waals surface area (Å²) in [5, 5.41) is 6.62. The third-order valence-electron chi connectivity index (χ3n) is 3.37. The summed E-state index contributed by atoms with van der Waals surface area (Å²) in [4.78, 5) is 0.176. The summed E-state index contributed by atoms with van der Waals surface area (Å²) in [5.41, 5.74) is 0.856. The first-order valence-corrected chi connectivity index (χ1v) is 8.49. The van der Waals surface area contributed by atoms with Gasteiger partial charge >= 0.3 is 0 Å². The molecule has 0 spiro atoms. The standard InChI is InChI=1S/C14H18ClN3O2S/c1-10-13(11(2)17-16-10)21(19,20)18-14(3,9-15)12-7-5-4-6-8-12/h4-8,18H,9H2,1-3H3,(H,16,17). The summed E-state index contributed by atoms with van der Waals surface area (Å²) in [7, 11) is -3.72. The molecule has 1 aromatic heterocycles. The number of aromatic amines is 1. The number of nitrogens with zero attached hydrogens (tertiary/aromatic N) is 1. The maximum absolute atomic E-state index is 12.7. The molecule has 2 rings (SSSR count). The minimum absolute atomic E-state index is 0.117. The molecule has 1 heterocycles. The summed E-state index contributed by atoms with van der Waals surface area (Å²) >= 11 is 6.04. The number of halogens is 1. The van der Waals surface area contributed by atoms with Crippen LogP contribution in [0.15, 0.2) is 35.2 Å². The van der Waals surface area contributed by atoms with Gasteiger partial charge in [-0.15, -0.1) is 11.6 Å². The van der Waals surface area contributed by atoms with Crippen LogP contribution in [0.3, 0.4) is 0 Å². The van der Waals surface area contributed by atoms with Crippen molar-refractivity contribution in [2.24, 2.45) is 0 Å². The van der Waals surface area contributed by atoms with Crippen LogP contribution in [0.4, 0.5) is 0 Å². The van der Waals surface area contributed by atoms with Crippen molar-refractivity contribution in [3.63, 3.8) is 0 Å². The predicted octanol–water partition coefficient (Wildman–Crippen LogP) is 2.46. The molecule has 0 aliphatic heterocycles. The highest BCUT2D eigenvalue weighted by Gasteiger charge is 2.33. The topological polar surface area (TPSA) is 74.8 Å². The number of hydrogen-bond acceptors (Lipinski definition) is 3.